The van der Waals surface area contributed by atoms with Crippen LogP contribution >= 0.6 is 11.8 Å². The molecule has 0 aromatic heterocycles. The van der Waals surface area contributed by atoms with Gasteiger partial charge in [-0.05, 0) is 37.5 Å². The van der Waals surface area contributed by atoms with Crippen LogP contribution < -0.4 is 5.32 Å². The van der Waals surface area contributed by atoms with Gasteiger partial charge in [0.15, 0.2) is 0 Å². The molecule has 2 unspecified atom stereocenters. The maximum Gasteiger partial charge on any atom is 0.253 e. The molecule has 0 radical (unpaired) electrons. The molecule has 0 bridgehead atoms. The molecule has 13 nitrogen and oxygen atoms in total. The van der Waals surface area contributed by atoms with E-state index in [4.69, 9.17) is 20.6 Å². The summed E-state index contributed by atoms with van der Waals surface area (Å²) < 4.78 is 16.0. The van der Waals surface area contributed by atoms with Gasteiger partial charge in [-0.2, -0.15) is 0 Å². The molecule has 2 aliphatic heterocycles. The second-order valence-electron chi connectivity index (χ2n) is 11.7. The number of thioether (sulfide) groups is 1. The number of hydrogen-bond donors (Lipinski definition) is 1. The lowest BCUT2D eigenvalue weighted by molar-refractivity contribution is -0.139. The first-order chi connectivity index (χ1) is 24.1. The Labute approximate surface area is 296 Å². The number of carbonyl (C=O) groups is 7. The van der Waals surface area contributed by atoms with Gasteiger partial charge in [0, 0.05) is 87.9 Å². The van der Waals surface area contributed by atoms with E-state index in [2.05, 4.69) is 11.2 Å². The molecule has 50 heavy (non-hydrogen) atoms. The second-order valence-corrected chi connectivity index (χ2v) is 13.2. The molecule has 1 aromatic rings. The predicted octanol–water partition coefficient (Wildman–Crippen LogP) is 2.42. The van der Waals surface area contributed by atoms with Gasteiger partial charge in [0.05, 0.1) is 25.1 Å². The monoisotopic (exact) mass is 711 g/mol. The molecule has 3 rings (SSSR count). The standard InChI is InChI=1S/C36H45N3O10S/c1-3-19-47-23-24-49-22-16-37-35(45)28-10-8-27(9-11-28)26(2)50-31-25-34(44)39(36(31)46)18-15-30(41)7-5-21-48-20-4-6-29(40)14-17-38-32(42)12-13-33(38)43/h1,8-13,26,31H,4-7,14-25H2,2H3,(H,37,45). The van der Waals surface area contributed by atoms with Crippen molar-refractivity contribution in [2.24, 2.45) is 0 Å². The summed E-state index contributed by atoms with van der Waals surface area (Å²) >= 11 is 1.38. The maximum atomic E-state index is 13.0. The number of Topliss-reactive ketones (excluding diaryl/α,β-unsaturated/α-hetero) is 2. The fraction of sp³-hybridized carbons (Fsp3) is 0.528. The number of likely N-dealkylation sites (tertiary alicyclic amines) is 1. The van der Waals surface area contributed by atoms with Crippen LogP contribution in [0, 0.1) is 12.3 Å². The summed E-state index contributed by atoms with van der Waals surface area (Å²) in [6, 6.07) is 7.09. The Balaban J connectivity index is 1.25. The largest absolute Gasteiger partial charge is 0.381 e. The number of benzene rings is 1. The van der Waals surface area contributed by atoms with Gasteiger partial charge in [-0.25, -0.2) is 0 Å². The van der Waals surface area contributed by atoms with Crippen molar-refractivity contribution in [3.05, 3.63) is 47.5 Å². The Hall–Kier alpha value is -4.16. The van der Waals surface area contributed by atoms with E-state index in [0.29, 0.717) is 58.0 Å². The fourth-order valence-electron chi connectivity index (χ4n) is 5.13. The Kier molecular flexibility index (Phi) is 17.6. The van der Waals surface area contributed by atoms with Gasteiger partial charge in [0.1, 0.15) is 18.2 Å². The maximum absolute atomic E-state index is 13.0. The molecular formula is C36H45N3O10S. The van der Waals surface area contributed by atoms with E-state index in [-0.39, 0.29) is 86.3 Å². The number of nitrogens with one attached hydrogen (secondary N) is 1. The number of ether oxygens (including phenoxy) is 3. The van der Waals surface area contributed by atoms with Crippen LogP contribution in [0.1, 0.15) is 73.0 Å². The van der Waals surface area contributed by atoms with Gasteiger partial charge in [0.25, 0.3) is 17.7 Å². The molecule has 2 heterocycles. The predicted molar refractivity (Wildman–Crippen MR) is 185 cm³/mol. The molecule has 2 atom stereocenters. The van der Waals surface area contributed by atoms with Crippen LogP contribution in [0.15, 0.2) is 36.4 Å². The van der Waals surface area contributed by atoms with Gasteiger partial charge in [-0.1, -0.05) is 18.1 Å². The molecule has 14 heteroatoms. The smallest absolute Gasteiger partial charge is 0.253 e. The Morgan fingerprint density at radius 3 is 2.04 bits per heavy atom. The van der Waals surface area contributed by atoms with E-state index in [0.717, 1.165) is 10.5 Å². The molecule has 1 fully saturated rings. The zero-order valence-corrected chi connectivity index (χ0v) is 29.2. The average molecular weight is 712 g/mol. The first kappa shape index (κ1) is 40.3. The van der Waals surface area contributed by atoms with Crippen molar-refractivity contribution in [1.29, 1.82) is 0 Å². The van der Waals surface area contributed by atoms with E-state index < -0.39 is 17.1 Å². The summed E-state index contributed by atoms with van der Waals surface area (Å²) in [7, 11) is 0. The van der Waals surface area contributed by atoms with E-state index in [9.17, 15) is 33.6 Å². The molecule has 270 valence electrons. The van der Waals surface area contributed by atoms with Crippen molar-refractivity contribution in [1.82, 2.24) is 15.1 Å². The summed E-state index contributed by atoms with van der Waals surface area (Å²) in [5, 5.41) is 2.14. The van der Waals surface area contributed by atoms with Crippen molar-refractivity contribution in [3.8, 4) is 12.3 Å². The molecular weight excluding hydrogens is 666 g/mol. The highest BCUT2D eigenvalue weighted by molar-refractivity contribution is 8.00. The number of nitrogens with zero attached hydrogens (tertiary/aromatic N) is 2. The number of amides is 5. The lowest BCUT2D eigenvalue weighted by Crippen LogP contribution is -2.33. The quantitative estimate of drug-likeness (QED) is 0.0900. The number of carbonyl (C=O) groups excluding carboxylic acids is 7. The van der Waals surface area contributed by atoms with E-state index in [1.165, 1.54) is 28.8 Å². The third-order valence-electron chi connectivity index (χ3n) is 7.92. The molecule has 2 aliphatic rings. The summed E-state index contributed by atoms with van der Waals surface area (Å²) in [6.07, 6.45) is 9.23. The number of ketones is 2. The lowest BCUT2D eigenvalue weighted by Gasteiger charge is -2.17. The number of terminal acetylenes is 1. The van der Waals surface area contributed by atoms with Crippen LogP contribution in [0.2, 0.25) is 0 Å². The zero-order chi connectivity index (χ0) is 36.3. The Morgan fingerprint density at radius 1 is 0.840 bits per heavy atom. The minimum absolute atomic E-state index is 0.0456. The summed E-state index contributed by atoms with van der Waals surface area (Å²) in [5.74, 6) is 0.596. The molecule has 1 aromatic carbocycles. The van der Waals surface area contributed by atoms with Crippen molar-refractivity contribution in [2.75, 3.05) is 59.3 Å². The summed E-state index contributed by atoms with van der Waals surface area (Å²) in [4.78, 5) is 87.7. The van der Waals surface area contributed by atoms with Gasteiger partial charge < -0.3 is 19.5 Å². The van der Waals surface area contributed by atoms with E-state index >= 15 is 0 Å². The molecule has 0 saturated carbocycles. The van der Waals surface area contributed by atoms with Gasteiger partial charge >= 0.3 is 0 Å². The first-order valence-corrected chi connectivity index (χ1v) is 17.7. The van der Waals surface area contributed by atoms with Crippen molar-refractivity contribution in [3.63, 3.8) is 0 Å². The number of imide groups is 2. The van der Waals surface area contributed by atoms with Crippen molar-refractivity contribution in [2.45, 2.75) is 62.4 Å². The van der Waals surface area contributed by atoms with Crippen LogP contribution in [0.25, 0.3) is 0 Å². The summed E-state index contributed by atoms with van der Waals surface area (Å²) in [6.45, 7) is 4.43. The number of rotatable bonds is 25. The van der Waals surface area contributed by atoms with Crippen LogP contribution in [0.5, 0.6) is 0 Å². The lowest BCUT2D eigenvalue weighted by atomic mass is 10.1. The van der Waals surface area contributed by atoms with Crippen LogP contribution in [-0.2, 0) is 43.0 Å². The van der Waals surface area contributed by atoms with E-state index in [1.54, 1.807) is 12.1 Å². The molecule has 5 amide bonds. The van der Waals surface area contributed by atoms with Gasteiger partial charge in [-0.15, -0.1) is 18.2 Å². The summed E-state index contributed by atoms with van der Waals surface area (Å²) in [5.41, 5.74) is 1.40. The minimum atomic E-state index is -0.546. The zero-order valence-electron chi connectivity index (χ0n) is 28.4. The normalized spacial score (nSPS) is 16.3. The van der Waals surface area contributed by atoms with Crippen molar-refractivity contribution < 1.29 is 47.8 Å². The topological polar surface area (TPSA) is 166 Å². The average Bonchev–Trinajstić information content (AvgIpc) is 3.57. The van der Waals surface area contributed by atoms with Gasteiger partial charge in [-0.3, -0.25) is 43.4 Å². The van der Waals surface area contributed by atoms with Crippen LogP contribution in [-0.4, -0.2) is 115 Å². The minimum Gasteiger partial charge on any atom is -0.381 e. The second kappa shape index (κ2) is 21.8. The molecule has 0 aliphatic carbocycles. The van der Waals surface area contributed by atoms with Crippen molar-refractivity contribution >= 4 is 52.9 Å². The van der Waals surface area contributed by atoms with Gasteiger partial charge in [0.2, 0.25) is 11.8 Å². The van der Waals surface area contributed by atoms with Crippen LogP contribution in [0.3, 0.4) is 0 Å². The first-order valence-electron chi connectivity index (χ1n) is 16.7. The van der Waals surface area contributed by atoms with E-state index in [1.807, 2.05) is 19.1 Å². The highest BCUT2D eigenvalue weighted by Gasteiger charge is 2.39. The highest BCUT2D eigenvalue weighted by atomic mass is 32.2. The molecule has 0 spiro atoms. The molecule has 1 N–H and O–H groups in total. The SMILES string of the molecule is C#CCOCCOCCNC(=O)c1ccc(C(C)SC2CC(=O)N(CCC(=O)CCCOCCCC(=O)CCN3C(=O)C=CC3=O)C2=O)cc1. The third-order valence-corrected chi connectivity index (χ3v) is 9.30. The fourth-order valence-corrected chi connectivity index (χ4v) is 6.42. The Bertz CT molecular complexity index is 1420. The molecule has 1 saturated heterocycles. The van der Waals surface area contributed by atoms with Crippen LogP contribution in [0.4, 0.5) is 0 Å². The highest BCUT2D eigenvalue weighted by Crippen LogP contribution is 2.37. The number of hydrogen-bond acceptors (Lipinski definition) is 11. The third kappa shape index (κ3) is 13.6. The Morgan fingerprint density at radius 2 is 1.42 bits per heavy atom.